The zero-order valence-corrected chi connectivity index (χ0v) is 32.8. The normalized spacial score (nSPS) is 14.2. The summed E-state index contributed by atoms with van der Waals surface area (Å²) in [6, 6.07) is 70.1. The second kappa shape index (κ2) is 12.4. The topological polar surface area (TPSA) is 3.24 Å². The lowest BCUT2D eigenvalue weighted by Gasteiger charge is -2.40. The first-order valence-electron chi connectivity index (χ1n) is 20.2. The number of hydrogen-bond donors (Lipinski definition) is 0. The fraction of sp³-hybridized carbons (Fsp3) is 0.107. The maximum absolute atomic E-state index is 2.53. The van der Waals surface area contributed by atoms with Gasteiger partial charge in [-0.1, -0.05) is 185 Å². The molecule has 0 aliphatic heterocycles. The Hall–Kier alpha value is -6.70. The molecule has 0 aromatic heterocycles. The largest absolute Gasteiger partial charge is 0.310 e. The van der Waals surface area contributed by atoms with E-state index in [2.05, 4.69) is 221 Å². The summed E-state index contributed by atoms with van der Waals surface area (Å²) < 4.78 is 0. The fourth-order valence-corrected chi connectivity index (χ4v) is 10.3. The van der Waals surface area contributed by atoms with E-state index in [1.807, 2.05) is 0 Å². The third kappa shape index (κ3) is 4.95. The Morgan fingerprint density at radius 2 is 0.965 bits per heavy atom. The van der Waals surface area contributed by atoms with Crippen LogP contribution in [0.2, 0.25) is 0 Å². The number of anilines is 3. The molecular formula is C56H43N. The fourth-order valence-electron chi connectivity index (χ4n) is 10.3. The molecule has 2 aliphatic rings. The minimum atomic E-state index is -0.291. The maximum Gasteiger partial charge on any atom is 0.0508 e. The SMILES string of the molecule is CC1(C)c2ccccc2-c2ccc(N(c3ccc(-c4cccc5ccccc45)cc3)c3cccc4c3C(C)(C)c3cccc5ccc(-c6ccccc6)c-4c35)cc21. The lowest BCUT2D eigenvalue weighted by atomic mass is 9.66. The van der Waals surface area contributed by atoms with E-state index in [0.29, 0.717) is 0 Å². The molecule has 0 saturated heterocycles. The van der Waals surface area contributed by atoms with Crippen LogP contribution in [0.15, 0.2) is 188 Å². The van der Waals surface area contributed by atoms with Crippen molar-refractivity contribution in [3.05, 3.63) is 210 Å². The van der Waals surface area contributed by atoms with Gasteiger partial charge in [0.25, 0.3) is 0 Å². The van der Waals surface area contributed by atoms with Crippen LogP contribution in [0.4, 0.5) is 17.1 Å². The highest BCUT2D eigenvalue weighted by molar-refractivity contribution is 6.10. The summed E-state index contributed by atoms with van der Waals surface area (Å²) in [5.41, 5.74) is 18.8. The molecular weight excluding hydrogens is 687 g/mol. The van der Waals surface area contributed by atoms with Gasteiger partial charge in [-0.3, -0.25) is 0 Å². The van der Waals surface area contributed by atoms with Crippen LogP contribution in [0.3, 0.4) is 0 Å². The van der Waals surface area contributed by atoms with Crippen molar-refractivity contribution < 1.29 is 0 Å². The average molecular weight is 730 g/mol. The van der Waals surface area contributed by atoms with Gasteiger partial charge in [0.05, 0.1) is 5.69 Å². The molecule has 0 N–H and O–H groups in total. The lowest BCUT2D eigenvalue weighted by molar-refractivity contribution is 0.645. The molecule has 0 radical (unpaired) electrons. The summed E-state index contributed by atoms with van der Waals surface area (Å²) >= 11 is 0. The van der Waals surface area contributed by atoms with Gasteiger partial charge in [0.2, 0.25) is 0 Å². The van der Waals surface area contributed by atoms with Gasteiger partial charge in [-0.15, -0.1) is 0 Å². The van der Waals surface area contributed by atoms with Gasteiger partial charge in [0, 0.05) is 22.2 Å². The standard InChI is InChI=1S/C56H43N/c1-55(2)48-24-11-10-21-45(48)46-34-32-41(35-50(46)55)57(40-30-27-38(28-31-40)43-22-12-18-36-17-8-9-20-42(36)43)51-26-14-23-47-53-44(37-15-6-5-7-16-37)33-29-39-19-13-25-49(52(39)53)56(3,4)54(47)51/h5-35H,1-4H3. The molecule has 0 amide bonds. The van der Waals surface area contributed by atoms with Gasteiger partial charge in [-0.05, 0) is 119 Å². The van der Waals surface area contributed by atoms with Crippen LogP contribution in [-0.2, 0) is 10.8 Å². The molecule has 9 aromatic rings. The molecule has 11 rings (SSSR count). The number of fused-ring (bicyclic) bond motifs is 6. The van der Waals surface area contributed by atoms with E-state index in [4.69, 9.17) is 0 Å². The monoisotopic (exact) mass is 729 g/mol. The quantitative estimate of drug-likeness (QED) is 0.170. The summed E-state index contributed by atoms with van der Waals surface area (Å²) in [7, 11) is 0. The molecule has 0 saturated carbocycles. The van der Waals surface area contributed by atoms with Crippen LogP contribution >= 0.6 is 0 Å². The maximum atomic E-state index is 2.53. The summed E-state index contributed by atoms with van der Waals surface area (Å²) in [5.74, 6) is 0. The van der Waals surface area contributed by atoms with Gasteiger partial charge < -0.3 is 4.90 Å². The molecule has 272 valence electrons. The highest BCUT2D eigenvalue weighted by Crippen LogP contribution is 2.57. The Kier molecular flexibility index (Phi) is 7.32. The molecule has 0 fully saturated rings. The van der Waals surface area contributed by atoms with E-state index in [1.54, 1.807) is 0 Å². The smallest absolute Gasteiger partial charge is 0.0508 e. The number of benzene rings is 9. The molecule has 0 spiro atoms. The van der Waals surface area contributed by atoms with Crippen molar-refractivity contribution in [3.63, 3.8) is 0 Å². The molecule has 0 bridgehead atoms. The minimum absolute atomic E-state index is 0.125. The molecule has 1 heteroatoms. The third-order valence-corrected chi connectivity index (χ3v) is 13.0. The first-order valence-corrected chi connectivity index (χ1v) is 20.2. The molecule has 57 heavy (non-hydrogen) atoms. The molecule has 1 nitrogen and oxygen atoms in total. The summed E-state index contributed by atoms with van der Waals surface area (Å²) in [6.07, 6.45) is 0. The number of rotatable bonds is 5. The van der Waals surface area contributed by atoms with Crippen molar-refractivity contribution >= 4 is 38.6 Å². The Bertz CT molecular complexity index is 3050. The summed E-state index contributed by atoms with van der Waals surface area (Å²) in [5, 5.41) is 5.17. The molecule has 9 aromatic carbocycles. The van der Waals surface area contributed by atoms with E-state index in [1.165, 1.54) is 94.0 Å². The van der Waals surface area contributed by atoms with Crippen molar-refractivity contribution in [1.82, 2.24) is 0 Å². The first kappa shape index (κ1) is 33.6. The predicted octanol–water partition coefficient (Wildman–Crippen LogP) is 15.4. The van der Waals surface area contributed by atoms with E-state index in [0.717, 1.165) is 11.4 Å². The van der Waals surface area contributed by atoms with Crippen molar-refractivity contribution in [2.75, 3.05) is 4.90 Å². The molecule has 0 unspecified atom stereocenters. The Balaban J connectivity index is 1.17. The van der Waals surface area contributed by atoms with E-state index < -0.39 is 0 Å². The van der Waals surface area contributed by atoms with Crippen LogP contribution in [0.25, 0.3) is 66.1 Å². The van der Waals surface area contributed by atoms with Crippen molar-refractivity contribution in [2.45, 2.75) is 38.5 Å². The van der Waals surface area contributed by atoms with Gasteiger partial charge in [0.1, 0.15) is 0 Å². The predicted molar refractivity (Wildman–Crippen MR) is 242 cm³/mol. The molecule has 2 aliphatic carbocycles. The van der Waals surface area contributed by atoms with Crippen LogP contribution < -0.4 is 4.90 Å². The Morgan fingerprint density at radius 3 is 1.82 bits per heavy atom. The van der Waals surface area contributed by atoms with E-state index >= 15 is 0 Å². The van der Waals surface area contributed by atoms with Gasteiger partial charge in [-0.25, -0.2) is 0 Å². The number of nitrogens with zero attached hydrogens (tertiary/aromatic N) is 1. The summed E-state index contributed by atoms with van der Waals surface area (Å²) in [6.45, 7) is 9.60. The average Bonchev–Trinajstić information content (AvgIpc) is 3.48. The number of hydrogen-bond acceptors (Lipinski definition) is 1. The highest BCUT2D eigenvalue weighted by Gasteiger charge is 2.39. The summed E-state index contributed by atoms with van der Waals surface area (Å²) in [4.78, 5) is 2.53. The van der Waals surface area contributed by atoms with E-state index in [9.17, 15) is 0 Å². The van der Waals surface area contributed by atoms with Crippen molar-refractivity contribution in [2.24, 2.45) is 0 Å². The Labute approximate surface area is 335 Å². The second-order valence-corrected chi connectivity index (χ2v) is 16.9. The van der Waals surface area contributed by atoms with Crippen molar-refractivity contribution in [1.29, 1.82) is 0 Å². The zero-order valence-electron chi connectivity index (χ0n) is 32.8. The Morgan fingerprint density at radius 1 is 0.368 bits per heavy atom. The molecule has 0 atom stereocenters. The highest BCUT2D eigenvalue weighted by atomic mass is 15.1. The first-order chi connectivity index (χ1) is 27.8. The van der Waals surface area contributed by atoms with Crippen LogP contribution in [-0.4, -0.2) is 0 Å². The molecule has 0 heterocycles. The van der Waals surface area contributed by atoms with Crippen molar-refractivity contribution in [3.8, 4) is 44.5 Å². The third-order valence-electron chi connectivity index (χ3n) is 13.0. The van der Waals surface area contributed by atoms with Gasteiger partial charge in [0.15, 0.2) is 0 Å². The minimum Gasteiger partial charge on any atom is -0.310 e. The van der Waals surface area contributed by atoms with Crippen LogP contribution in [0.1, 0.15) is 49.9 Å². The van der Waals surface area contributed by atoms with Crippen LogP contribution in [0, 0.1) is 0 Å². The zero-order chi connectivity index (χ0) is 38.5. The second-order valence-electron chi connectivity index (χ2n) is 16.9. The van der Waals surface area contributed by atoms with E-state index in [-0.39, 0.29) is 10.8 Å². The van der Waals surface area contributed by atoms with Crippen LogP contribution in [0.5, 0.6) is 0 Å². The van der Waals surface area contributed by atoms with Gasteiger partial charge >= 0.3 is 0 Å². The lowest BCUT2D eigenvalue weighted by Crippen LogP contribution is -2.27. The van der Waals surface area contributed by atoms with Gasteiger partial charge in [-0.2, -0.15) is 0 Å².